The average molecular weight is 206 g/mol. The van der Waals surface area contributed by atoms with Crippen molar-refractivity contribution in [1.82, 2.24) is 4.90 Å². The van der Waals surface area contributed by atoms with Crippen molar-refractivity contribution < 1.29 is 9.53 Å². The molecule has 1 aliphatic rings. The summed E-state index contributed by atoms with van der Waals surface area (Å²) in [6, 6.07) is 10.2. The molecule has 0 unspecified atom stereocenters. The zero-order valence-electron chi connectivity index (χ0n) is 8.43. The van der Waals surface area contributed by atoms with Crippen molar-refractivity contribution in [2.75, 3.05) is 13.1 Å². The highest BCUT2D eigenvalue weighted by atomic mass is 16.6. The van der Waals surface area contributed by atoms with Crippen molar-refractivity contribution in [3.63, 3.8) is 0 Å². The first-order valence-corrected chi connectivity index (χ1v) is 4.96. The lowest BCUT2D eigenvalue weighted by Crippen LogP contribution is -2.52. The molecule has 0 saturated carbocycles. The van der Waals surface area contributed by atoms with Gasteiger partial charge in [-0.3, -0.25) is 4.90 Å². The van der Waals surface area contributed by atoms with E-state index in [1.54, 1.807) is 0 Å². The Morgan fingerprint density at radius 1 is 1.40 bits per heavy atom. The number of likely N-dealkylation sites (tertiary alicyclic amines) is 1. The molecule has 1 amide bonds. The number of amides is 1. The van der Waals surface area contributed by atoms with Gasteiger partial charge in [0.2, 0.25) is 0 Å². The van der Waals surface area contributed by atoms with Gasteiger partial charge in [-0.15, -0.1) is 0 Å². The second-order valence-corrected chi connectivity index (χ2v) is 3.74. The molecule has 80 valence electrons. The number of rotatable bonds is 3. The summed E-state index contributed by atoms with van der Waals surface area (Å²) in [5.74, 6) is 0. The number of primary amides is 1. The van der Waals surface area contributed by atoms with E-state index in [4.69, 9.17) is 10.5 Å². The van der Waals surface area contributed by atoms with Crippen molar-refractivity contribution in [2.45, 2.75) is 12.6 Å². The van der Waals surface area contributed by atoms with Crippen molar-refractivity contribution in [2.24, 2.45) is 5.73 Å². The van der Waals surface area contributed by atoms with Crippen LogP contribution in [0, 0.1) is 0 Å². The third kappa shape index (κ3) is 2.70. The van der Waals surface area contributed by atoms with Gasteiger partial charge < -0.3 is 10.5 Å². The minimum atomic E-state index is -0.681. The van der Waals surface area contributed by atoms with E-state index in [9.17, 15) is 4.79 Å². The molecule has 0 atom stereocenters. The molecule has 1 saturated heterocycles. The lowest BCUT2D eigenvalue weighted by atomic mass is 10.1. The number of hydrogen-bond acceptors (Lipinski definition) is 3. The third-order valence-electron chi connectivity index (χ3n) is 2.46. The molecule has 1 aromatic rings. The molecule has 0 spiro atoms. The molecule has 4 heteroatoms. The number of nitrogens with zero attached hydrogens (tertiary/aromatic N) is 1. The van der Waals surface area contributed by atoms with Crippen LogP contribution >= 0.6 is 0 Å². The lowest BCUT2D eigenvalue weighted by molar-refractivity contribution is -0.0137. The first-order chi connectivity index (χ1) is 7.24. The van der Waals surface area contributed by atoms with E-state index in [0.717, 1.165) is 19.6 Å². The van der Waals surface area contributed by atoms with Crippen molar-refractivity contribution in [3.05, 3.63) is 35.9 Å². The minimum Gasteiger partial charge on any atom is -0.444 e. The second-order valence-electron chi connectivity index (χ2n) is 3.74. The maximum Gasteiger partial charge on any atom is 0.404 e. The van der Waals surface area contributed by atoms with E-state index < -0.39 is 6.09 Å². The Labute approximate surface area is 88.6 Å². The van der Waals surface area contributed by atoms with Crippen LogP contribution in [0.1, 0.15) is 5.56 Å². The zero-order chi connectivity index (χ0) is 10.7. The van der Waals surface area contributed by atoms with Gasteiger partial charge in [0.15, 0.2) is 0 Å². The Hall–Kier alpha value is -1.55. The predicted octanol–water partition coefficient (Wildman–Crippen LogP) is 0.966. The fourth-order valence-corrected chi connectivity index (χ4v) is 1.73. The SMILES string of the molecule is NC(=O)OC1CN(Cc2ccccc2)C1. The van der Waals surface area contributed by atoms with Crippen LogP contribution in [0.4, 0.5) is 4.79 Å². The van der Waals surface area contributed by atoms with Gasteiger partial charge >= 0.3 is 6.09 Å². The second kappa shape index (κ2) is 4.31. The maximum atomic E-state index is 10.4. The summed E-state index contributed by atoms with van der Waals surface area (Å²) in [7, 11) is 0. The smallest absolute Gasteiger partial charge is 0.404 e. The summed E-state index contributed by atoms with van der Waals surface area (Å²) in [6.45, 7) is 2.45. The van der Waals surface area contributed by atoms with Gasteiger partial charge in [-0.25, -0.2) is 4.79 Å². The molecule has 4 nitrogen and oxygen atoms in total. The molecule has 1 fully saturated rings. The van der Waals surface area contributed by atoms with Crippen LogP contribution in [0.15, 0.2) is 30.3 Å². The largest absolute Gasteiger partial charge is 0.444 e. The Kier molecular flexibility index (Phi) is 2.87. The maximum absolute atomic E-state index is 10.4. The van der Waals surface area contributed by atoms with Crippen LogP contribution in [0.5, 0.6) is 0 Å². The van der Waals surface area contributed by atoms with Gasteiger partial charge in [0.05, 0.1) is 0 Å². The first kappa shape index (κ1) is 9.98. The number of carbonyl (C=O) groups excluding carboxylic acids is 1. The highest BCUT2D eigenvalue weighted by molar-refractivity contribution is 5.64. The molecule has 0 aliphatic carbocycles. The number of carbonyl (C=O) groups is 1. The molecule has 1 heterocycles. The molecule has 1 aromatic carbocycles. The highest BCUT2D eigenvalue weighted by Gasteiger charge is 2.28. The highest BCUT2D eigenvalue weighted by Crippen LogP contribution is 2.15. The van der Waals surface area contributed by atoms with Gasteiger partial charge in [0, 0.05) is 19.6 Å². The summed E-state index contributed by atoms with van der Waals surface area (Å²) in [5.41, 5.74) is 6.19. The van der Waals surface area contributed by atoms with Crippen LogP contribution in [-0.2, 0) is 11.3 Å². The molecule has 2 N–H and O–H groups in total. The number of hydrogen-bond donors (Lipinski definition) is 1. The van der Waals surface area contributed by atoms with E-state index >= 15 is 0 Å². The van der Waals surface area contributed by atoms with Gasteiger partial charge in [0.25, 0.3) is 0 Å². The number of nitrogens with two attached hydrogens (primary N) is 1. The predicted molar refractivity (Wildman–Crippen MR) is 56.2 cm³/mol. The zero-order valence-corrected chi connectivity index (χ0v) is 8.43. The van der Waals surface area contributed by atoms with E-state index in [2.05, 4.69) is 17.0 Å². The van der Waals surface area contributed by atoms with Crippen LogP contribution in [0.3, 0.4) is 0 Å². The molecule has 15 heavy (non-hydrogen) atoms. The monoisotopic (exact) mass is 206 g/mol. The molecule has 1 aliphatic heterocycles. The number of benzene rings is 1. The van der Waals surface area contributed by atoms with Crippen molar-refractivity contribution in [3.8, 4) is 0 Å². The van der Waals surface area contributed by atoms with Crippen molar-refractivity contribution >= 4 is 6.09 Å². The van der Waals surface area contributed by atoms with Gasteiger partial charge in [-0.1, -0.05) is 30.3 Å². The van der Waals surface area contributed by atoms with Crippen LogP contribution in [-0.4, -0.2) is 30.2 Å². The standard InChI is InChI=1S/C11H14N2O2/c12-11(14)15-10-7-13(8-10)6-9-4-2-1-3-5-9/h1-5,10H,6-8H2,(H2,12,14). The molecule has 2 rings (SSSR count). The Morgan fingerprint density at radius 2 is 2.07 bits per heavy atom. The van der Waals surface area contributed by atoms with E-state index in [0.29, 0.717) is 0 Å². The summed E-state index contributed by atoms with van der Waals surface area (Å²) in [4.78, 5) is 12.7. The Balaban J connectivity index is 1.74. The topological polar surface area (TPSA) is 55.6 Å². The van der Waals surface area contributed by atoms with Crippen LogP contribution < -0.4 is 5.73 Å². The van der Waals surface area contributed by atoms with Gasteiger partial charge in [-0.2, -0.15) is 0 Å². The molecule has 0 bridgehead atoms. The summed E-state index contributed by atoms with van der Waals surface area (Å²) >= 11 is 0. The van der Waals surface area contributed by atoms with Crippen LogP contribution in [0.25, 0.3) is 0 Å². The van der Waals surface area contributed by atoms with E-state index in [-0.39, 0.29) is 6.10 Å². The summed E-state index contributed by atoms with van der Waals surface area (Å²) < 4.78 is 4.85. The van der Waals surface area contributed by atoms with Gasteiger partial charge in [0.1, 0.15) is 6.10 Å². The fraction of sp³-hybridized carbons (Fsp3) is 0.364. The Morgan fingerprint density at radius 3 is 2.67 bits per heavy atom. The average Bonchev–Trinajstić information content (AvgIpc) is 2.15. The van der Waals surface area contributed by atoms with Crippen molar-refractivity contribution in [1.29, 1.82) is 0 Å². The fourth-order valence-electron chi connectivity index (χ4n) is 1.73. The van der Waals surface area contributed by atoms with Gasteiger partial charge in [-0.05, 0) is 5.56 Å². The number of ether oxygens (including phenoxy) is 1. The quantitative estimate of drug-likeness (QED) is 0.801. The van der Waals surface area contributed by atoms with E-state index in [1.807, 2.05) is 18.2 Å². The normalized spacial score (nSPS) is 17.1. The molecule has 0 aromatic heterocycles. The summed E-state index contributed by atoms with van der Waals surface area (Å²) in [5, 5.41) is 0. The van der Waals surface area contributed by atoms with E-state index in [1.165, 1.54) is 5.56 Å². The molecular weight excluding hydrogens is 192 g/mol. The van der Waals surface area contributed by atoms with Crippen LogP contribution in [0.2, 0.25) is 0 Å². The minimum absolute atomic E-state index is 0.0220. The lowest BCUT2D eigenvalue weighted by Gasteiger charge is -2.37. The summed E-state index contributed by atoms with van der Waals surface area (Å²) in [6.07, 6.45) is -0.703. The Bertz CT molecular complexity index is 334. The molecule has 0 radical (unpaired) electrons. The molecular formula is C11H14N2O2. The third-order valence-corrected chi connectivity index (χ3v) is 2.46. The first-order valence-electron chi connectivity index (χ1n) is 4.96.